The Morgan fingerprint density at radius 3 is 2.83 bits per heavy atom. The van der Waals surface area contributed by atoms with Crippen molar-refractivity contribution in [3.63, 3.8) is 0 Å². The van der Waals surface area contributed by atoms with Crippen LogP contribution in [-0.2, 0) is 10.0 Å². The summed E-state index contributed by atoms with van der Waals surface area (Å²) in [5, 5.41) is 9.54. The number of aliphatic hydroxyl groups is 1. The molecule has 2 atom stereocenters. The molecule has 0 unspecified atom stereocenters. The lowest BCUT2D eigenvalue weighted by molar-refractivity contribution is 0.117. The molecule has 5 nitrogen and oxygen atoms in total. The highest BCUT2D eigenvalue weighted by atomic mass is 79.9. The van der Waals surface area contributed by atoms with Gasteiger partial charge >= 0.3 is 0 Å². The zero-order chi connectivity index (χ0) is 13.2. The first-order valence-corrected chi connectivity index (χ1v) is 8.06. The van der Waals surface area contributed by atoms with Crippen molar-refractivity contribution in [3.05, 3.63) is 22.9 Å². The summed E-state index contributed by atoms with van der Waals surface area (Å²) in [7, 11) is -3.56. The molecule has 18 heavy (non-hydrogen) atoms. The molecule has 0 radical (unpaired) electrons. The molecule has 2 rings (SSSR count). The van der Waals surface area contributed by atoms with Gasteiger partial charge in [-0.2, -0.15) is 0 Å². The fourth-order valence-electron chi connectivity index (χ4n) is 2.10. The van der Waals surface area contributed by atoms with E-state index in [9.17, 15) is 13.5 Å². The maximum absolute atomic E-state index is 12.1. The van der Waals surface area contributed by atoms with Crippen molar-refractivity contribution >= 4 is 26.0 Å². The highest BCUT2D eigenvalue weighted by Crippen LogP contribution is 2.21. The van der Waals surface area contributed by atoms with E-state index in [0.29, 0.717) is 10.9 Å². The van der Waals surface area contributed by atoms with Gasteiger partial charge in [-0.05, 0) is 47.7 Å². The van der Waals surface area contributed by atoms with Crippen LogP contribution in [0.1, 0.15) is 25.7 Å². The van der Waals surface area contributed by atoms with E-state index in [1.54, 1.807) is 0 Å². The van der Waals surface area contributed by atoms with Gasteiger partial charge in [0.1, 0.15) is 4.90 Å². The topological polar surface area (TPSA) is 79.3 Å². The lowest BCUT2D eigenvalue weighted by Crippen LogP contribution is -2.39. The van der Waals surface area contributed by atoms with Crippen molar-refractivity contribution in [2.75, 3.05) is 0 Å². The van der Waals surface area contributed by atoms with Crippen LogP contribution in [0.4, 0.5) is 0 Å². The predicted molar refractivity (Wildman–Crippen MR) is 70.5 cm³/mol. The summed E-state index contributed by atoms with van der Waals surface area (Å²) in [6.45, 7) is 0. The number of hydrogen-bond acceptors (Lipinski definition) is 4. The third-order valence-electron chi connectivity index (χ3n) is 2.96. The highest BCUT2D eigenvalue weighted by molar-refractivity contribution is 9.10. The monoisotopic (exact) mass is 334 g/mol. The third kappa shape index (κ3) is 3.50. The molecule has 1 saturated carbocycles. The Hall–Kier alpha value is -0.500. The number of pyridine rings is 1. The maximum atomic E-state index is 12.1. The Kier molecular flexibility index (Phi) is 4.37. The Balaban J connectivity index is 2.12. The second kappa shape index (κ2) is 5.64. The quantitative estimate of drug-likeness (QED) is 0.876. The second-order valence-corrected chi connectivity index (χ2v) is 7.11. The number of aromatic nitrogens is 1. The summed E-state index contributed by atoms with van der Waals surface area (Å²) in [6.07, 6.45) is 5.25. The normalized spacial score (nSPS) is 25.0. The van der Waals surface area contributed by atoms with Gasteiger partial charge in [0.15, 0.2) is 0 Å². The van der Waals surface area contributed by atoms with E-state index >= 15 is 0 Å². The van der Waals surface area contributed by atoms with E-state index in [0.717, 1.165) is 19.3 Å². The van der Waals surface area contributed by atoms with Crippen LogP contribution in [0.5, 0.6) is 0 Å². The maximum Gasteiger partial charge on any atom is 0.242 e. The summed E-state index contributed by atoms with van der Waals surface area (Å²) >= 11 is 3.19. The van der Waals surface area contributed by atoms with E-state index in [1.165, 1.54) is 18.5 Å². The zero-order valence-corrected chi connectivity index (χ0v) is 12.1. The van der Waals surface area contributed by atoms with Gasteiger partial charge in [0.2, 0.25) is 10.0 Å². The molecule has 1 aromatic rings. The van der Waals surface area contributed by atoms with Crippen LogP contribution >= 0.6 is 15.9 Å². The lowest BCUT2D eigenvalue weighted by Gasteiger charge is -2.26. The van der Waals surface area contributed by atoms with Crippen LogP contribution in [0, 0.1) is 0 Å². The van der Waals surface area contributed by atoms with Crippen molar-refractivity contribution in [2.45, 2.75) is 42.7 Å². The van der Waals surface area contributed by atoms with Crippen molar-refractivity contribution in [3.8, 4) is 0 Å². The minimum Gasteiger partial charge on any atom is -0.393 e. The molecule has 0 saturated heterocycles. The van der Waals surface area contributed by atoms with Crippen molar-refractivity contribution < 1.29 is 13.5 Å². The molecule has 0 aromatic carbocycles. The van der Waals surface area contributed by atoms with Gasteiger partial charge in [-0.1, -0.05) is 0 Å². The molecule has 1 heterocycles. The molecule has 0 amide bonds. The predicted octanol–water partition coefficient (Wildman–Crippen LogP) is 1.43. The van der Waals surface area contributed by atoms with E-state index in [-0.39, 0.29) is 10.9 Å². The average molecular weight is 335 g/mol. The van der Waals surface area contributed by atoms with Gasteiger partial charge in [-0.25, -0.2) is 13.1 Å². The zero-order valence-electron chi connectivity index (χ0n) is 9.71. The summed E-state index contributed by atoms with van der Waals surface area (Å²) in [5.74, 6) is 0. The minimum atomic E-state index is -3.56. The van der Waals surface area contributed by atoms with Crippen molar-refractivity contribution in [1.82, 2.24) is 9.71 Å². The number of nitrogens with one attached hydrogen (secondary N) is 1. The van der Waals surface area contributed by atoms with Gasteiger partial charge in [0.25, 0.3) is 0 Å². The molecule has 0 spiro atoms. The van der Waals surface area contributed by atoms with Crippen molar-refractivity contribution in [1.29, 1.82) is 0 Å². The average Bonchev–Trinajstić information content (AvgIpc) is 2.28. The Labute approximate surface area is 115 Å². The second-order valence-electron chi connectivity index (χ2n) is 4.48. The number of nitrogens with zero attached hydrogens (tertiary/aromatic N) is 1. The number of aliphatic hydroxyl groups excluding tert-OH is 1. The van der Waals surface area contributed by atoms with Gasteiger partial charge in [-0.15, -0.1) is 0 Å². The number of rotatable bonds is 3. The Bertz CT molecular complexity index is 521. The van der Waals surface area contributed by atoms with E-state index in [4.69, 9.17) is 0 Å². The Morgan fingerprint density at radius 2 is 2.17 bits per heavy atom. The molecule has 1 aliphatic rings. The molecule has 1 aromatic heterocycles. The van der Waals surface area contributed by atoms with Gasteiger partial charge in [0.05, 0.1) is 6.10 Å². The molecule has 100 valence electrons. The molecular formula is C11H15BrN2O3S. The summed E-state index contributed by atoms with van der Waals surface area (Å²) in [4.78, 5) is 3.98. The standard InChI is InChI=1S/C11H15BrN2O3S/c12-8-4-11(7-13-6-8)18(16,17)14-9-2-1-3-10(15)5-9/h4,6-7,9-10,14-15H,1-3,5H2/t9-,10+/m0/s1. The summed E-state index contributed by atoms with van der Waals surface area (Å²) in [5.41, 5.74) is 0. The van der Waals surface area contributed by atoms with Gasteiger partial charge < -0.3 is 5.11 Å². The molecule has 0 aliphatic heterocycles. The lowest BCUT2D eigenvalue weighted by atomic mass is 9.94. The first-order valence-electron chi connectivity index (χ1n) is 5.78. The van der Waals surface area contributed by atoms with E-state index in [2.05, 4.69) is 25.6 Å². The first kappa shape index (κ1) is 13.9. The van der Waals surface area contributed by atoms with E-state index in [1.807, 2.05) is 0 Å². The SMILES string of the molecule is O=S(=O)(N[C@H]1CCC[C@@H](O)C1)c1cncc(Br)c1. The van der Waals surface area contributed by atoms with Gasteiger partial charge in [0, 0.05) is 22.9 Å². The number of halogens is 1. The molecule has 7 heteroatoms. The molecule has 0 bridgehead atoms. The smallest absolute Gasteiger partial charge is 0.242 e. The largest absolute Gasteiger partial charge is 0.393 e. The molecule has 1 fully saturated rings. The Morgan fingerprint density at radius 1 is 1.39 bits per heavy atom. The van der Waals surface area contributed by atoms with Crippen LogP contribution in [0.2, 0.25) is 0 Å². The van der Waals surface area contributed by atoms with E-state index < -0.39 is 16.1 Å². The minimum absolute atomic E-state index is 0.136. The van der Waals surface area contributed by atoms with Crippen LogP contribution in [0.3, 0.4) is 0 Å². The van der Waals surface area contributed by atoms with Crippen LogP contribution < -0.4 is 4.72 Å². The van der Waals surface area contributed by atoms with Crippen LogP contribution in [0.25, 0.3) is 0 Å². The van der Waals surface area contributed by atoms with Crippen LogP contribution in [0.15, 0.2) is 27.8 Å². The summed E-state index contributed by atoms with van der Waals surface area (Å²) in [6, 6.07) is 1.31. The van der Waals surface area contributed by atoms with Gasteiger partial charge in [-0.3, -0.25) is 4.98 Å². The number of hydrogen-bond donors (Lipinski definition) is 2. The summed E-state index contributed by atoms with van der Waals surface area (Å²) < 4.78 is 27.5. The molecule has 1 aliphatic carbocycles. The van der Waals surface area contributed by atoms with Crippen molar-refractivity contribution in [2.24, 2.45) is 0 Å². The highest BCUT2D eigenvalue weighted by Gasteiger charge is 2.25. The fourth-order valence-corrected chi connectivity index (χ4v) is 3.88. The molecule has 2 N–H and O–H groups in total. The van der Waals surface area contributed by atoms with Crippen LogP contribution in [-0.4, -0.2) is 30.7 Å². The number of sulfonamides is 1. The first-order chi connectivity index (χ1) is 8.47. The fraction of sp³-hybridized carbons (Fsp3) is 0.545. The third-order valence-corrected chi connectivity index (χ3v) is 4.88. The molecular weight excluding hydrogens is 320 g/mol.